The number of anilines is 2. The Morgan fingerprint density at radius 2 is 1.79 bits per heavy atom. The number of carbonyl (C=O) groups is 1. The third-order valence-electron chi connectivity index (χ3n) is 6.23. The number of nitrogens with one attached hydrogen (secondary N) is 1. The largest absolute Gasteiger partial charge is 0.493 e. The van der Waals surface area contributed by atoms with E-state index in [1.807, 2.05) is 23.1 Å². The first-order valence-corrected chi connectivity index (χ1v) is 12.8. The van der Waals surface area contributed by atoms with Crippen molar-refractivity contribution in [1.29, 1.82) is 0 Å². The molecule has 2 aromatic carbocycles. The molecule has 2 aromatic rings. The van der Waals surface area contributed by atoms with Gasteiger partial charge >= 0.3 is 0 Å². The summed E-state index contributed by atoms with van der Waals surface area (Å²) in [7, 11) is 1.61. The van der Waals surface area contributed by atoms with Gasteiger partial charge in [-0.3, -0.25) is 4.79 Å². The van der Waals surface area contributed by atoms with Crippen molar-refractivity contribution in [2.45, 2.75) is 38.6 Å². The third kappa shape index (κ3) is 6.07. The van der Waals surface area contributed by atoms with Crippen LogP contribution in [0.3, 0.4) is 0 Å². The lowest BCUT2D eigenvalue weighted by Gasteiger charge is -2.26. The molecular formula is C25H31BrClN3O3. The molecule has 4 rings (SSSR count). The molecular weight excluding hydrogens is 506 g/mol. The minimum absolute atomic E-state index is 0.00836. The van der Waals surface area contributed by atoms with Gasteiger partial charge in [0.15, 0.2) is 18.1 Å². The second-order valence-corrected chi connectivity index (χ2v) is 9.81. The van der Waals surface area contributed by atoms with Crippen LogP contribution in [0, 0.1) is 0 Å². The number of carbonyl (C=O) groups excluding carboxylic acids is 1. The summed E-state index contributed by atoms with van der Waals surface area (Å²) in [5.41, 5.74) is 3.09. The van der Waals surface area contributed by atoms with Crippen LogP contribution in [0.1, 0.15) is 37.7 Å². The van der Waals surface area contributed by atoms with Gasteiger partial charge in [0.2, 0.25) is 0 Å². The number of nitrogens with zero attached hydrogens (tertiary/aromatic N) is 2. The van der Waals surface area contributed by atoms with Gasteiger partial charge in [-0.25, -0.2) is 0 Å². The van der Waals surface area contributed by atoms with Crippen LogP contribution in [0.2, 0.25) is 5.02 Å². The molecule has 2 aliphatic rings. The van der Waals surface area contributed by atoms with Gasteiger partial charge in [-0.15, -0.1) is 0 Å². The maximum Gasteiger partial charge on any atom is 0.260 e. The number of amides is 1. The molecule has 1 N–H and O–H groups in total. The molecule has 0 atom stereocenters. The monoisotopic (exact) mass is 535 g/mol. The lowest BCUT2D eigenvalue weighted by molar-refractivity contribution is -0.134. The minimum Gasteiger partial charge on any atom is -0.493 e. The summed E-state index contributed by atoms with van der Waals surface area (Å²) >= 11 is 10.1. The van der Waals surface area contributed by atoms with Crippen molar-refractivity contribution >= 4 is 44.8 Å². The van der Waals surface area contributed by atoms with Crippen LogP contribution in [0.4, 0.5) is 11.4 Å². The van der Waals surface area contributed by atoms with Gasteiger partial charge < -0.3 is 24.6 Å². The zero-order chi connectivity index (χ0) is 23.2. The van der Waals surface area contributed by atoms with Gasteiger partial charge in [-0.05, 0) is 83.9 Å². The lowest BCUT2D eigenvalue weighted by atomic mass is 10.1. The van der Waals surface area contributed by atoms with E-state index in [9.17, 15) is 4.79 Å². The van der Waals surface area contributed by atoms with Crippen LogP contribution in [-0.2, 0) is 11.3 Å². The van der Waals surface area contributed by atoms with E-state index in [-0.39, 0.29) is 12.5 Å². The van der Waals surface area contributed by atoms with Crippen molar-refractivity contribution in [3.05, 3.63) is 45.4 Å². The van der Waals surface area contributed by atoms with E-state index in [4.69, 9.17) is 21.1 Å². The summed E-state index contributed by atoms with van der Waals surface area (Å²) in [5, 5.41) is 4.20. The van der Waals surface area contributed by atoms with Gasteiger partial charge in [-0.2, -0.15) is 0 Å². The molecule has 0 aliphatic carbocycles. The molecule has 2 heterocycles. The molecule has 6 nitrogen and oxygen atoms in total. The molecule has 0 spiro atoms. The Kier molecular flexibility index (Phi) is 8.25. The number of rotatable bonds is 8. The van der Waals surface area contributed by atoms with E-state index in [1.54, 1.807) is 7.11 Å². The number of benzene rings is 2. The summed E-state index contributed by atoms with van der Waals surface area (Å²) in [6, 6.07) is 10.0. The second kappa shape index (κ2) is 11.3. The number of likely N-dealkylation sites (tertiary alicyclic amines) is 1. The fourth-order valence-electron chi connectivity index (χ4n) is 4.42. The van der Waals surface area contributed by atoms with Crippen molar-refractivity contribution in [1.82, 2.24) is 4.90 Å². The summed E-state index contributed by atoms with van der Waals surface area (Å²) in [6.07, 6.45) is 5.76. The zero-order valence-corrected chi connectivity index (χ0v) is 21.4. The van der Waals surface area contributed by atoms with Crippen LogP contribution >= 0.6 is 27.5 Å². The van der Waals surface area contributed by atoms with Gasteiger partial charge in [0.25, 0.3) is 5.91 Å². The van der Waals surface area contributed by atoms with Crippen molar-refractivity contribution in [3.63, 3.8) is 0 Å². The number of ether oxygens (including phenoxy) is 2. The average Bonchev–Trinajstić information content (AvgIpc) is 3.36. The number of halogens is 2. The Hall–Kier alpha value is -2.12. The van der Waals surface area contributed by atoms with Crippen molar-refractivity contribution in [2.75, 3.05) is 50.1 Å². The van der Waals surface area contributed by atoms with Gasteiger partial charge in [0.1, 0.15) is 0 Å². The van der Waals surface area contributed by atoms with Crippen molar-refractivity contribution < 1.29 is 14.3 Å². The van der Waals surface area contributed by atoms with Crippen LogP contribution in [0.15, 0.2) is 34.8 Å². The Morgan fingerprint density at radius 1 is 1.06 bits per heavy atom. The highest BCUT2D eigenvalue weighted by atomic mass is 79.9. The molecule has 0 radical (unpaired) electrons. The molecule has 2 saturated heterocycles. The topological polar surface area (TPSA) is 54.0 Å². The number of methoxy groups -OCH3 is 1. The fourth-order valence-corrected chi connectivity index (χ4v) is 5.32. The molecule has 1 amide bonds. The Labute approximate surface area is 209 Å². The average molecular weight is 537 g/mol. The maximum absolute atomic E-state index is 12.5. The third-order valence-corrected chi connectivity index (χ3v) is 7.12. The van der Waals surface area contributed by atoms with Crippen molar-refractivity contribution in [2.24, 2.45) is 0 Å². The first kappa shape index (κ1) is 24.0. The highest BCUT2D eigenvalue weighted by molar-refractivity contribution is 9.10. The van der Waals surface area contributed by atoms with Gasteiger partial charge in [0.05, 0.1) is 22.3 Å². The number of hydrogen-bond acceptors (Lipinski definition) is 5. The molecule has 2 aliphatic heterocycles. The highest BCUT2D eigenvalue weighted by Crippen LogP contribution is 2.37. The summed E-state index contributed by atoms with van der Waals surface area (Å²) < 4.78 is 12.2. The Morgan fingerprint density at radius 3 is 2.48 bits per heavy atom. The second-order valence-electron chi connectivity index (χ2n) is 8.55. The molecule has 0 aromatic heterocycles. The van der Waals surface area contributed by atoms with Crippen LogP contribution < -0.4 is 19.7 Å². The Bertz CT molecular complexity index is 976. The van der Waals surface area contributed by atoms with Crippen LogP contribution in [-0.4, -0.2) is 50.7 Å². The first-order chi connectivity index (χ1) is 16.0. The normalized spacial score (nSPS) is 16.1. The lowest BCUT2D eigenvalue weighted by Crippen LogP contribution is -2.38. The Balaban J connectivity index is 1.38. The molecule has 8 heteroatoms. The van der Waals surface area contributed by atoms with Crippen molar-refractivity contribution in [3.8, 4) is 11.5 Å². The standard InChI is InChI=1S/C25H31BrClN3O3/c1-32-23-14-18(13-20(26)25(23)33-17-24(31)30-11-3-2-4-12-30)16-28-19-7-8-22(21(27)15-19)29-9-5-6-10-29/h7-8,13-15,28H,2-6,9-12,16-17H2,1H3. The summed E-state index contributed by atoms with van der Waals surface area (Å²) in [4.78, 5) is 16.7. The number of hydrogen-bond donors (Lipinski definition) is 1. The van der Waals surface area contributed by atoms with Gasteiger partial charge in [0, 0.05) is 38.4 Å². The summed E-state index contributed by atoms with van der Waals surface area (Å²) in [6.45, 7) is 4.37. The molecule has 0 saturated carbocycles. The molecule has 178 valence electrons. The van der Waals surface area contributed by atoms with E-state index in [2.05, 4.69) is 38.3 Å². The van der Waals surface area contributed by atoms with Gasteiger partial charge in [-0.1, -0.05) is 11.6 Å². The smallest absolute Gasteiger partial charge is 0.260 e. The van der Waals surface area contributed by atoms with E-state index in [0.717, 1.165) is 65.5 Å². The van der Waals surface area contributed by atoms with Crippen LogP contribution in [0.25, 0.3) is 0 Å². The van der Waals surface area contributed by atoms with E-state index >= 15 is 0 Å². The molecule has 2 fully saturated rings. The fraction of sp³-hybridized carbons (Fsp3) is 0.480. The minimum atomic E-state index is 0.00836. The predicted molar refractivity (Wildman–Crippen MR) is 137 cm³/mol. The van der Waals surface area contributed by atoms with Crippen LogP contribution in [0.5, 0.6) is 11.5 Å². The first-order valence-electron chi connectivity index (χ1n) is 11.6. The van der Waals surface area contributed by atoms with E-state index in [0.29, 0.717) is 18.0 Å². The predicted octanol–water partition coefficient (Wildman–Crippen LogP) is 5.71. The van der Waals surface area contributed by atoms with E-state index < -0.39 is 0 Å². The molecule has 0 bridgehead atoms. The quantitative estimate of drug-likeness (QED) is 0.468. The zero-order valence-electron chi connectivity index (χ0n) is 19.0. The number of piperidine rings is 1. The molecule has 0 unspecified atom stereocenters. The highest BCUT2D eigenvalue weighted by Gasteiger charge is 2.19. The molecule has 33 heavy (non-hydrogen) atoms. The SMILES string of the molecule is COc1cc(CNc2ccc(N3CCCC3)c(Cl)c2)cc(Br)c1OCC(=O)N1CCCCC1. The van der Waals surface area contributed by atoms with E-state index in [1.165, 1.54) is 19.3 Å². The maximum atomic E-state index is 12.5. The summed E-state index contributed by atoms with van der Waals surface area (Å²) in [5.74, 6) is 1.16.